The van der Waals surface area contributed by atoms with Crippen LogP contribution in [-0.4, -0.2) is 33.4 Å². The third-order valence-corrected chi connectivity index (χ3v) is 4.28. The number of phenolic OH excluding ortho intramolecular Hbond substituents is 3. The van der Waals surface area contributed by atoms with Crippen LogP contribution in [-0.2, 0) is 26.5 Å². The molecule has 0 aliphatic heterocycles. The number of phosphoric acid groups is 1. The Kier molecular flexibility index (Phi) is 6.23. The first-order chi connectivity index (χ1) is 11.4. The SMILES string of the molecule is O=P(O)(OCCc1ccc(O)cc1)OCCc1ccc(O)c(O)c1. The molecule has 130 valence electrons. The van der Waals surface area contributed by atoms with Crippen molar-refractivity contribution in [1.29, 1.82) is 0 Å². The molecule has 2 rings (SSSR count). The number of aromatic hydroxyl groups is 3. The van der Waals surface area contributed by atoms with Gasteiger partial charge in [-0.05, 0) is 48.2 Å². The summed E-state index contributed by atoms with van der Waals surface area (Å²) in [4.78, 5) is 9.60. The Morgan fingerprint density at radius 2 is 1.33 bits per heavy atom. The minimum Gasteiger partial charge on any atom is -0.508 e. The normalized spacial score (nSPS) is 13.5. The predicted octanol–water partition coefficient (Wildman–Crippen LogP) is 2.72. The number of phosphoric ester groups is 1. The zero-order valence-corrected chi connectivity index (χ0v) is 13.7. The summed E-state index contributed by atoms with van der Waals surface area (Å²) in [7, 11) is -4.16. The van der Waals surface area contributed by atoms with Gasteiger partial charge in [0.25, 0.3) is 0 Å². The fraction of sp³-hybridized carbons (Fsp3) is 0.250. The van der Waals surface area contributed by atoms with Gasteiger partial charge in [-0.1, -0.05) is 18.2 Å². The molecular formula is C16H19O7P. The summed E-state index contributed by atoms with van der Waals surface area (Å²) < 4.78 is 21.5. The average Bonchev–Trinajstić information content (AvgIpc) is 2.52. The van der Waals surface area contributed by atoms with Crippen LogP contribution < -0.4 is 0 Å². The summed E-state index contributed by atoms with van der Waals surface area (Å²) in [6, 6.07) is 10.7. The van der Waals surface area contributed by atoms with Crippen LogP contribution in [0.2, 0.25) is 0 Å². The van der Waals surface area contributed by atoms with Gasteiger partial charge in [0.05, 0.1) is 13.2 Å². The molecule has 0 radical (unpaired) electrons. The van der Waals surface area contributed by atoms with Crippen molar-refractivity contribution in [2.45, 2.75) is 12.8 Å². The third-order valence-electron chi connectivity index (χ3n) is 3.27. The highest BCUT2D eigenvalue weighted by molar-refractivity contribution is 7.47. The number of benzene rings is 2. The van der Waals surface area contributed by atoms with Gasteiger partial charge in [0.15, 0.2) is 11.5 Å². The van der Waals surface area contributed by atoms with E-state index in [2.05, 4.69) is 0 Å². The Bertz CT molecular complexity index is 715. The molecule has 1 unspecified atom stereocenters. The van der Waals surface area contributed by atoms with E-state index in [0.717, 1.165) is 5.56 Å². The van der Waals surface area contributed by atoms with E-state index in [1.165, 1.54) is 24.3 Å². The van der Waals surface area contributed by atoms with Gasteiger partial charge in [-0.25, -0.2) is 4.57 Å². The van der Waals surface area contributed by atoms with Gasteiger partial charge in [0.1, 0.15) is 5.75 Å². The van der Waals surface area contributed by atoms with E-state index in [-0.39, 0.29) is 36.9 Å². The molecule has 0 aliphatic carbocycles. The molecule has 0 aliphatic rings. The molecular weight excluding hydrogens is 335 g/mol. The lowest BCUT2D eigenvalue weighted by molar-refractivity contribution is 0.152. The maximum atomic E-state index is 11.8. The molecule has 0 saturated carbocycles. The maximum absolute atomic E-state index is 11.8. The second-order valence-electron chi connectivity index (χ2n) is 5.12. The van der Waals surface area contributed by atoms with E-state index >= 15 is 0 Å². The third kappa shape index (κ3) is 5.86. The Balaban J connectivity index is 1.73. The first kappa shape index (κ1) is 18.3. The molecule has 4 N–H and O–H groups in total. The molecule has 24 heavy (non-hydrogen) atoms. The number of phenols is 3. The minimum atomic E-state index is -4.16. The Hall–Kier alpha value is -2.05. The highest BCUT2D eigenvalue weighted by Crippen LogP contribution is 2.43. The van der Waals surface area contributed by atoms with E-state index in [1.807, 2.05) is 0 Å². The van der Waals surface area contributed by atoms with Crippen molar-refractivity contribution in [2.75, 3.05) is 13.2 Å². The molecule has 2 aromatic carbocycles. The lowest BCUT2D eigenvalue weighted by Gasteiger charge is -2.12. The number of rotatable bonds is 8. The standard InChI is InChI=1S/C16H19O7P/c17-14-4-1-12(2-5-14)7-9-22-24(20,21)23-10-8-13-3-6-15(18)16(19)11-13/h1-6,11,17-19H,7-10H2,(H,20,21). The van der Waals surface area contributed by atoms with E-state index in [1.54, 1.807) is 18.2 Å². The zero-order valence-electron chi connectivity index (χ0n) is 12.8. The molecule has 1 atom stereocenters. The maximum Gasteiger partial charge on any atom is 0.472 e. The predicted molar refractivity (Wildman–Crippen MR) is 87.0 cm³/mol. The van der Waals surface area contributed by atoms with Crippen LogP contribution in [0.1, 0.15) is 11.1 Å². The van der Waals surface area contributed by atoms with Crippen molar-refractivity contribution in [3.8, 4) is 17.2 Å². The average molecular weight is 354 g/mol. The van der Waals surface area contributed by atoms with Gasteiger partial charge in [0.2, 0.25) is 0 Å². The molecule has 0 spiro atoms. The lowest BCUT2D eigenvalue weighted by atomic mass is 10.1. The molecule has 0 bridgehead atoms. The highest BCUT2D eigenvalue weighted by atomic mass is 31.2. The van der Waals surface area contributed by atoms with Crippen molar-refractivity contribution >= 4 is 7.82 Å². The van der Waals surface area contributed by atoms with Crippen LogP contribution >= 0.6 is 7.82 Å². The minimum absolute atomic E-state index is 0.00144. The second kappa shape index (κ2) is 8.17. The van der Waals surface area contributed by atoms with Gasteiger partial charge in [-0.15, -0.1) is 0 Å². The topological polar surface area (TPSA) is 116 Å². The van der Waals surface area contributed by atoms with Crippen molar-refractivity contribution in [1.82, 2.24) is 0 Å². The van der Waals surface area contributed by atoms with E-state index in [4.69, 9.17) is 14.2 Å². The largest absolute Gasteiger partial charge is 0.508 e. The molecule has 7 nitrogen and oxygen atoms in total. The molecule has 8 heteroatoms. The van der Waals surface area contributed by atoms with Crippen LogP contribution in [0.5, 0.6) is 17.2 Å². The molecule has 0 saturated heterocycles. The fourth-order valence-corrected chi connectivity index (χ4v) is 2.70. The second-order valence-corrected chi connectivity index (χ2v) is 6.58. The quantitative estimate of drug-likeness (QED) is 0.425. The van der Waals surface area contributed by atoms with Crippen molar-refractivity contribution in [3.63, 3.8) is 0 Å². The molecule has 0 aromatic heterocycles. The lowest BCUT2D eigenvalue weighted by Crippen LogP contribution is -2.02. The smallest absolute Gasteiger partial charge is 0.472 e. The van der Waals surface area contributed by atoms with Gasteiger partial charge >= 0.3 is 7.82 Å². The molecule has 0 amide bonds. The van der Waals surface area contributed by atoms with Crippen LogP contribution in [0.25, 0.3) is 0 Å². The first-order valence-electron chi connectivity index (χ1n) is 7.26. The summed E-state index contributed by atoms with van der Waals surface area (Å²) in [5, 5.41) is 27.7. The van der Waals surface area contributed by atoms with Crippen molar-refractivity contribution in [3.05, 3.63) is 53.6 Å². The monoisotopic (exact) mass is 354 g/mol. The van der Waals surface area contributed by atoms with Crippen molar-refractivity contribution < 1.29 is 33.8 Å². The van der Waals surface area contributed by atoms with Crippen LogP contribution in [0.4, 0.5) is 0 Å². The number of hydrogen-bond acceptors (Lipinski definition) is 6. The van der Waals surface area contributed by atoms with Gasteiger partial charge in [0, 0.05) is 0 Å². The molecule has 0 heterocycles. The Morgan fingerprint density at radius 1 is 0.792 bits per heavy atom. The van der Waals surface area contributed by atoms with Gasteiger partial charge < -0.3 is 20.2 Å². The van der Waals surface area contributed by atoms with Crippen molar-refractivity contribution in [2.24, 2.45) is 0 Å². The Morgan fingerprint density at radius 3 is 1.92 bits per heavy atom. The van der Waals surface area contributed by atoms with Gasteiger partial charge in [-0.2, -0.15) is 0 Å². The van der Waals surface area contributed by atoms with Gasteiger partial charge in [-0.3, -0.25) is 9.05 Å². The molecule has 2 aromatic rings. The Labute approximate surface area is 139 Å². The van der Waals surface area contributed by atoms with E-state index in [0.29, 0.717) is 12.0 Å². The summed E-state index contributed by atoms with van der Waals surface area (Å²) in [6.07, 6.45) is 0.680. The summed E-state index contributed by atoms with van der Waals surface area (Å²) in [6.45, 7) is -0.0737. The fourth-order valence-electron chi connectivity index (χ4n) is 1.98. The van der Waals surface area contributed by atoms with E-state index < -0.39 is 7.82 Å². The summed E-state index contributed by atoms with van der Waals surface area (Å²) in [5.41, 5.74) is 1.50. The van der Waals surface area contributed by atoms with Crippen LogP contribution in [0.3, 0.4) is 0 Å². The summed E-state index contributed by atoms with van der Waals surface area (Å²) in [5.74, 6) is -0.342. The highest BCUT2D eigenvalue weighted by Gasteiger charge is 2.20. The van der Waals surface area contributed by atoms with Crippen LogP contribution in [0, 0.1) is 0 Å². The summed E-state index contributed by atoms with van der Waals surface area (Å²) >= 11 is 0. The first-order valence-corrected chi connectivity index (χ1v) is 8.76. The zero-order chi connectivity index (χ0) is 17.6. The van der Waals surface area contributed by atoms with Crippen LogP contribution in [0.15, 0.2) is 42.5 Å². The number of hydrogen-bond donors (Lipinski definition) is 4. The van der Waals surface area contributed by atoms with E-state index in [9.17, 15) is 19.7 Å². The molecule has 0 fully saturated rings.